The number of nitrogens with one attached hydrogen (secondary N) is 2. The van der Waals surface area contributed by atoms with E-state index in [-0.39, 0.29) is 11.8 Å². The maximum absolute atomic E-state index is 12.3. The molecule has 6 nitrogen and oxygen atoms in total. The normalized spacial score (nSPS) is 10.6. The Bertz CT molecular complexity index is 1140. The average molecular weight is 475 g/mol. The zero-order valence-electron chi connectivity index (χ0n) is 15.1. The summed E-state index contributed by atoms with van der Waals surface area (Å²) in [5.41, 5.74) is 2.08. The molecule has 150 valence electrons. The van der Waals surface area contributed by atoms with E-state index in [4.69, 9.17) is 23.2 Å². The van der Waals surface area contributed by atoms with Crippen LogP contribution in [0.4, 0.5) is 10.3 Å². The Morgan fingerprint density at radius 2 is 1.17 bits per heavy atom. The summed E-state index contributed by atoms with van der Waals surface area (Å²) in [7, 11) is 0. The van der Waals surface area contributed by atoms with Gasteiger partial charge in [-0.3, -0.25) is 20.2 Å². The summed E-state index contributed by atoms with van der Waals surface area (Å²) in [5, 5.41) is 10.9. The molecular formula is C20H12Cl2N4O2S2. The summed E-state index contributed by atoms with van der Waals surface area (Å²) in [4.78, 5) is 33.4. The number of anilines is 2. The van der Waals surface area contributed by atoms with Gasteiger partial charge in [-0.05, 0) is 36.4 Å². The van der Waals surface area contributed by atoms with Crippen LogP contribution in [0.15, 0.2) is 59.3 Å². The van der Waals surface area contributed by atoms with Crippen molar-refractivity contribution in [3.63, 3.8) is 0 Å². The second-order valence-electron chi connectivity index (χ2n) is 6.00. The van der Waals surface area contributed by atoms with Crippen LogP contribution in [0.1, 0.15) is 20.7 Å². The Labute approximate surface area is 189 Å². The highest BCUT2D eigenvalue weighted by molar-refractivity contribution is 7.15. The van der Waals surface area contributed by atoms with Crippen LogP contribution >= 0.6 is 45.9 Å². The van der Waals surface area contributed by atoms with Crippen molar-refractivity contribution in [2.24, 2.45) is 0 Å². The molecule has 0 saturated carbocycles. The number of carbonyl (C=O) groups is 2. The molecule has 0 atom stereocenters. The molecule has 0 radical (unpaired) electrons. The number of rotatable bonds is 5. The largest absolute Gasteiger partial charge is 0.298 e. The molecule has 0 aliphatic carbocycles. The third kappa shape index (κ3) is 4.85. The highest BCUT2D eigenvalue weighted by Gasteiger charge is 2.14. The van der Waals surface area contributed by atoms with E-state index in [1.54, 1.807) is 59.3 Å². The number of aromatic nitrogens is 2. The zero-order chi connectivity index (χ0) is 21.1. The van der Waals surface area contributed by atoms with E-state index in [2.05, 4.69) is 20.6 Å². The van der Waals surface area contributed by atoms with Crippen LogP contribution in [-0.2, 0) is 0 Å². The minimum absolute atomic E-state index is 0.300. The van der Waals surface area contributed by atoms with Crippen LogP contribution in [-0.4, -0.2) is 21.8 Å². The van der Waals surface area contributed by atoms with Crippen LogP contribution in [0, 0.1) is 0 Å². The molecule has 0 aliphatic rings. The van der Waals surface area contributed by atoms with Gasteiger partial charge in [0.15, 0.2) is 10.3 Å². The number of thiazole rings is 2. The van der Waals surface area contributed by atoms with Crippen LogP contribution in [0.25, 0.3) is 11.4 Å². The topological polar surface area (TPSA) is 84.0 Å². The average Bonchev–Trinajstić information content (AvgIpc) is 3.37. The van der Waals surface area contributed by atoms with Crippen molar-refractivity contribution >= 4 is 68.0 Å². The summed E-state index contributed by atoms with van der Waals surface area (Å²) in [6.07, 6.45) is 0. The van der Waals surface area contributed by atoms with E-state index >= 15 is 0 Å². The maximum atomic E-state index is 12.3. The fourth-order valence-corrected chi connectivity index (χ4v) is 4.27. The summed E-state index contributed by atoms with van der Waals surface area (Å²) in [5.74, 6) is -0.600. The number of amides is 2. The van der Waals surface area contributed by atoms with E-state index in [9.17, 15) is 9.59 Å². The van der Waals surface area contributed by atoms with Gasteiger partial charge < -0.3 is 0 Å². The molecule has 0 saturated heterocycles. The van der Waals surface area contributed by atoms with Crippen LogP contribution in [0.2, 0.25) is 10.0 Å². The van der Waals surface area contributed by atoms with Gasteiger partial charge >= 0.3 is 0 Å². The van der Waals surface area contributed by atoms with E-state index < -0.39 is 0 Å². The Hall–Kier alpha value is -2.78. The number of carbonyl (C=O) groups excluding carboxylic acids is 2. The lowest BCUT2D eigenvalue weighted by Gasteiger charge is -2.02. The lowest BCUT2D eigenvalue weighted by Crippen LogP contribution is -2.11. The van der Waals surface area contributed by atoms with Crippen molar-refractivity contribution in [2.45, 2.75) is 0 Å². The molecule has 2 aromatic heterocycles. The Morgan fingerprint density at radius 3 is 1.57 bits per heavy atom. The summed E-state index contributed by atoms with van der Waals surface area (Å²) >= 11 is 14.4. The van der Waals surface area contributed by atoms with Crippen LogP contribution < -0.4 is 10.6 Å². The predicted octanol–water partition coefficient (Wildman–Crippen LogP) is 6.08. The van der Waals surface area contributed by atoms with Crippen molar-refractivity contribution in [3.8, 4) is 11.4 Å². The minimum atomic E-state index is -0.300. The molecule has 4 rings (SSSR count). The van der Waals surface area contributed by atoms with Crippen molar-refractivity contribution in [3.05, 3.63) is 80.5 Å². The van der Waals surface area contributed by atoms with E-state index in [0.29, 0.717) is 42.8 Å². The Kier molecular flexibility index (Phi) is 6.10. The number of nitrogens with zero attached hydrogens (tertiary/aromatic N) is 2. The Morgan fingerprint density at radius 1 is 0.733 bits per heavy atom. The lowest BCUT2D eigenvalue weighted by molar-refractivity contribution is 0.101. The SMILES string of the molecule is O=C(Nc1nc(-c2csc(NC(=O)c3cccc(Cl)c3)n2)cs1)c1cccc(Cl)c1. The second-order valence-corrected chi connectivity index (χ2v) is 8.59. The molecule has 2 N–H and O–H groups in total. The van der Waals surface area contributed by atoms with Gasteiger partial charge in [-0.2, -0.15) is 0 Å². The molecule has 10 heteroatoms. The molecule has 4 aromatic rings. The van der Waals surface area contributed by atoms with Gasteiger partial charge in [0, 0.05) is 31.9 Å². The molecular weight excluding hydrogens is 463 g/mol. The van der Waals surface area contributed by atoms with E-state index in [1.807, 2.05) is 0 Å². The smallest absolute Gasteiger partial charge is 0.257 e. The molecule has 0 unspecified atom stereocenters. The predicted molar refractivity (Wildman–Crippen MR) is 122 cm³/mol. The van der Waals surface area contributed by atoms with Crippen molar-refractivity contribution in [1.82, 2.24) is 9.97 Å². The summed E-state index contributed by atoms with van der Waals surface area (Å²) in [6.45, 7) is 0. The first-order chi connectivity index (χ1) is 14.5. The van der Waals surface area contributed by atoms with Crippen molar-refractivity contribution < 1.29 is 9.59 Å². The summed E-state index contributed by atoms with van der Waals surface area (Å²) < 4.78 is 0. The van der Waals surface area contributed by atoms with Crippen LogP contribution in [0.3, 0.4) is 0 Å². The molecule has 30 heavy (non-hydrogen) atoms. The van der Waals surface area contributed by atoms with E-state index in [0.717, 1.165) is 0 Å². The number of hydrogen-bond donors (Lipinski definition) is 2. The molecule has 2 heterocycles. The number of halogens is 2. The first-order valence-corrected chi connectivity index (χ1v) is 11.0. The van der Waals surface area contributed by atoms with Gasteiger partial charge in [0.05, 0.1) is 0 Å². The summed E-state index contributed by atoms with van der Waals surface area (Å²) in [6, 6.07) is 13.3. The second kappa shape index (κ2) is 8.93. The number of hydrogen-bond acceptors (Lipinski definition) is 6. The lowest BCUT2D eigenvalue weighted by atomic mass is 10.2. The minimum Gasteiger partial charge on any atom is -0.298 e. The quantitative estimate of drug-likeness (QED) is 0.367. The number of benzene rings is 2. The molecule has 2 amide bonds. The van der Waals surface area contributed by atoms with Gasteiger partial charge in [-0.15, -0.1) is 22.7 Å². The van der Waals surface area contributed by atoms with E-state index in [1.165, 1.54) is 22.7 Å². The first-order valence-electron chi connectivity index (χ1n) is 8.53. The van der Waals surface area contributed by atoms with Gasteiger partial charge in [-0.25, -0.2) is 9.97 Å². The molecule has 0 fully saturated rings. The van der Waals surface area contributed by atoms with Crippen molar-refractivity contribution in [2.75, 3.05) is 10.6 Å². The molecule has 0 aliphatic heterocycles. The van der Waals surface area contributed by atoms with Gasteiger partial charge in [0.25, 0.3) is 11.8 Å². The standard InChI is InChI=1S/C20H12Cl2N4O2S2/c21-13-5-1-3-11(7-13)17(27)25-19-23-15(9-29-19)16-10-30-20(24-16)26-18(28)12-4-2-6-14(22)8-12/h1-10H,(H,23,25,27)(H,24,26,28). The highest BCUT2D eigenvalue weighted by atomic mass is 35.5. The van der Waals surface area contributed by atoms with Gasteiger partial charge in [0.1, 0.15) is 11.4 Å². The third-order valence-electron chi connectivity index (χ3n) is 3.89. The van der Waals surface area contributed by atoms with Gasteiger partial charge in [-0.1, -0.05) is 35.3 Å². The Balaban J connectivity index is 1.43. The first kappa shape index (κ1) is 20.5. The van der Waals surface area contributed by atoms with Crippen LogP contribution in [0.5, 0.6) is 0 Å². The third-order valence-corrected chi connectivity index (χ3v) is 5.87. The van der Waals surface area contributed by atoms with Crippen molar-refractivity contribution in [1.29, 1.82) is 0 Å². The van der Waals surface area contributed by atoms with Gasteiger partial charge in [0.2, 0.25) is 0 Å². The molecule has 0 bridgehead atoms. The molecule has 0 spiro atoms. The zero-order valence-corrected chi connectivity index (χ0v) is 18.2. The fourth-order valence-electron chi connectivity index (χ4n) is 2.50. The monoisotopic (exact) mass is 474 g/mol. The maximum Gasteiger partial charge on any atom is 0.257 e. The fraction of sp³-hybridized carbons (Fsp3) is 0. The molecule has 2 aromatic carbocycles. The highest BCUT2D eigenvalue weighted by Crippen LogP contribution is 2.28.